The van der Waals surface area contributed by atoms with E-state index < -0.39 is 0 Å². The van der Waals surface area contributed by atoms with Crippen LogP contribution >= 0.6 is 0 Å². The predicted octanol–water partition coefficient (Wildman–Crippen LogP) is 2.01. The van der Waals surface area contributed by atoms with Gasteiger partial charge in [-0.25, -0.2) is 0 Å². The van der Waals surface area contributed by atoms with Gasteiger partial charge in [-0.3, -0.25) is 4.99 Å². The van der Waals surface area contributed by atoms with Crippen LogP contribution in [0.2, 0.25) is 0 Å². The summed E-state index contributed by atoms with van der Waals surface area (Å²) in [4.78, 5) is 6.94. The monoisotopic (exact) mass is 168 g/mol. The fourth-order valence-corrected chi connectivity index (χ4v) is 1.67. The second-order valence-corrected chi connectivity index (χ2v) is 4.23. The van der Waals surface area contributed by atoms with Crippen LogP contribution in [0.3, 0.4) is 0 Å². The number of aliphatic imine (C=N–C) groups is 1. The summed E-state index contributed by atoms with van der Waals surface area (Å²) in [5, 5.41) is 0. The molecule has 0 aromatic carbocycles. The number of rotatable bonds is 3. The molecule has 0 aromatic heterocycles. The third-order valence-corrected chi connectivity index (χ3v) is 2.07. The van der Waals surface area contributed by atoms with Crippen molar-refractivity contribution in [2.24, 2.45) is 16.8 Å². The van der Waals surface area contributed by atoms with Crippen molar-refractivity contribution >= 4 is 5.84 Å². The van der Waals surface area contributed by atoms with Gasteiger partial charge in [0, 0.05) is 19.0 Å². The lowest BCUT2D eigenvalue weighted by atomic mass is 10.1. The summed E-state index contributed by atoms with van der Waals surface area (Å²) in [6.07, 6.45) is 0. The van der Waals surface area contributed by atoms with Gasteiger partial charge >= 0.3 is 0 Å². The highest BCUT2D eigenvalue weighted by Crippen LogP contribution is 2.11. The zero-order valence-corrected chi connectivity index (χ0v) is 8.67. The minimum absolute atomic E-state index is 0.589. The molecule has 0 atom stereocenters. The molecule has 1 aliphatic rings. The molecule has 1 aliphatic heterocycles. The lowest BCUT2D eigenvalue weighted by Crippen LogP contribution is -2.34. The van der Waals surface area contributed by atoms with Crippen LogP contribution in [0.15, 0.2) is 4.99 Å². The molecule has 0 bridgehead atoms. The first kappa shape index (κ1) is 9.56. The van der Waals surface area contributed by atoms with Crippen molar-refractivity contribution in [2.45, 2.75) is 27.7 Å². The maximum atomic E-state index is 4.51. The molecule has 1 rings (SSSR count). The van der Waals surface area contributed by atoms with Gasteiger partial charge < -0.3 is 4.90 Å². The quantitative estimate of drug-likeness (QED) is 0.629. The molecule has 0 unspecified atom stereocenters. The molecule has 0 saturated carbocycles. The van der Waals surface area contributed by atoms with Crippen molar-refractivity contribution in [1.82, 2.24) is 4.90 Å². The lowest BCUT2D eigenvalue weighted by molar-refractivity contribution is 0.381. The number of hydrogen-bond donors (Lipinski definition) is 0. The van der Waals surface area contributed by atoms with E-state index in [1.54, 1.807) is 0 Å². The summed E-state index contributed by atoms with van der Waals surface area (Å²) in [5.41, 5.74) is 0. The van der Waals surface area contributed by atoms with E-state index in [-0.39, 0.29) is 0 Å². The second kappa shape index (κ2) is 3.92. The van der Waals surface area contributed by atoms with Crippen LogP contribution in [0.5, 0.6) is 0 Å². The van der Waals surface area contributed by atoms with Gasteiger partial charge in [0.2, 0.25) is 0 Å². The van der Waals surface area contributed by atoms with Crippen LogP contribution in [0.1, 0.15) is 27.7 Å². The molecule has 0 saturated heterocycles. The maximum Gasteiger partial charge on any atom is 0.102 e. The molecule has 2 nitrogen and oxygen atoms in total. The molecule has 0 amide bonds. The van der Waals surface area contributed by atoms with E-state index in [2.05, 4.69) is 37.6 Å². The van der Waals surface area contributed by atoms with Gasteiger partial charge in [0.1, 0.15) is 5.84 Å². The Morgan fingerprint density at radius 2 is 2.00 bits per heavy atom. The Hall–Kier alpha value is -0.530. The van der Waals surface area contributed by atoms with E-state index in [1.165, 1.54) is 5.84 Å². The molecule has 0 aliphatic carbocycles. The zero-order chi connectivity index (χ0) is 9.14. The third kappa shape index (κ3) is 2.23. The van der Waals surface area contributed by atoms with E-state index in [1.807, 2.05) is 0 Å². The molecule has 0 radical (unpaired) electrons. The Bertz CT molecular complexity index is 171. The van der Waals surface area contributed by atoms with E-state index in [0.717, 1.165) is 25.6 Å². The molecule has 0 aromatic rings. The highest BCUT2D eigenvalue weighted by atomic mass is 15.2. The number of nitrogens with zero attached hydrogens (tertiary/aromatic N) is 2. The average molecular weight is 168 g/mol. The Morgan fingerprint density at radius 3 is 2.50 bits per heavy atom. The lowest BCUT2D eigenvalue weighted by Gasteiger charge is -2.24. The van der Waals surface area contributed by atoms with Crippen LogP contribution < -0.4 is 0 Å². The van der Waals surface area contributed by atoms with E-state index in [4.69, 9.17) is 0 Å². The molecule has 0 fully saturated rings. The van der Waals surface area contributed by atoms with E-state index in [0.29, 0.717) is 5.92 Å². The molecular weight excluding hydrogens is 148 g/mol. The van der Waals surface area contributed by atoms with E-state index in [9.17, 15) is 0 Å². The third-order valence-electron chi connectivity index (χ3n) is 2.07. The van der Waals surface area contributed by atoms with Crippen molar-refractivity contribution in [3.63, 3.8) is 0 Å². The zero-order valence-electron chi connectivity index (χ0n) is 8.67. The fourth-order valence-electron chi connectivity index (χ4n) is 1.67. The SMILES string of the molecule is CC(C)CN1CCN=C1C(C)C. The summed E-state index contributed by atoms with van der Waals surface area (Å²) in [7, 11) is 0. The smallest absolute Gasteiger partial charge is 0.102 e. The Kier molecular flexibility index (Phi) is 3.12. The van der Waals surface area contributed by atoms with Crippen LogP contribution in [-0.4, -0.2) is 30.4 Å². The van der Waals surface area contributed by atoms with Crippen LogP contribution in [0.4, 0.5) is 0 Å². The molecule has 1 heterocycles. The fraction of sp³-hybridized carbons (Fsp3) is 0.900. The summed E-state index contributed by atoms with van der Waals surface area (Å²) < 4.78 is 0. The standard InChI is InChI=1S/C10H20N2/c1-8(2)7-12-6-5-11-10(12)9(3)4/h8-9H,5-7H2,1-4H3. The summed E-state index contributed by atoms with van der Waals surface area (Å²) >= 11 is 0. The summed E-state index contributed by atoms with van der Waals surface area (Å²) in [6.45, 7) is 12.3. The summed E-state index contributed by atoms with van der Waals surface area (Å²) in [5.74, 6) is 2.64. The van der Waals surface area contributed by atoms with Crippen LogP contribution in [-0.2, 0) is 0 Å². The molecule has 0 spiro atoms. The van der Waals surface area contributed by atoms with Crippen molar-refractivity contribution in [3.05, 3.63) is 0 Å². The average Bonchev–Trinajstić information content (AvgIpc) is 2.33. The second-order valence-electron chi connectivity index (χ2n) is 4.23. The van der Waals surface area contributed by atoms with Crippen molar-refractivity contribution in [3.8, 4) is 0 Å². The summed E-state index contributed by atoms with van der Waals surface area (Å²) in [6, 6.07) is 0. The molecular formula is C10H20N2. The van der Waals surface area contributed by atoms with Gasteiger partial charge in [-0.2, -0.15) is 0 Å². The molecule has 12 heavy (non-hydrogen) atoms. The number of hydrogen-bond acceptors (Lipinski definition) is 2. The highest BCUT2D eigenvalue weighted by molar-refractivity contribution is 5.85. The first-order chi connectivity index (χ1) is 5.61. The Labute approximate surface area is 75.7 Å². The van der Waals surface area contributed by atoms with Crippen molar-refractivity contribution < 1.29 is 0 Å². The normalized spacial score (nSPS) is 17.8. The highest BCUT2D eigenvalue weighted by Gasteiger charge is 2.19. The van der Waals surface area contributed by atoms with Gasteiger partial charge in [0.25, 0.3) is 0 Å². The first-order valence-corrected chi connectivity index (χ1v) is 4.90. The Balaban J connectivity index is 2.50. The van der Waals surface area contributed by atoms with Crippen molar-refractivity contribution in [2.75, 3.05) is 19.6 Å². The molecule has 70 valence electrons. The van der Waals surface area contributed by atoms with E-state index >= 15 is 0 Å². The Morgan fingerprint density at radius 1 is 1.33 bits per heavy atom. The maximum absolute atomic E-state index is 4.51. The van der Waals surface area contributed by atoms with Gasteiger partial charge in [-0.1, -0.05) is 27.7 Å². The van der Waals surface area contributed by atoms with Gasteiger partial charge in [-0.05, 0) is 5.92 Å². The molecule has 0 N–H and O–H groups in total. The minimum atomic E-state index is 0.589. The van der Waals surface area contributed by atoms with Gasteiger partial charge in [0.05, 0.1) is 6.54 Å². The largest absolute Gasteiger partial charge is 0.358 e. The van der Waals surface area contributed by atoms with Crippen LogP contribution in [0.25, 0.3) is 0 Å². The predicted molar refractivity (Wildman–Crippen MR) is 53.6 cm³/mol. The van der Waals surface area contributed by atoms with Crippen molar-refractivity contribution in [1.29, 1.82) is 0 Å². The number of amidine groups is 1. The van der Waals surface area contributed by atoms with Gasteiger partial charge in [0.15, 0.2) is 0 Å². The topological polar surface area (TPSA) is 15.6 Å². The molecule has 2 heteroatoms. The minimum Gasteiger partial charge on any atom is -0.358 e. The van der Waals surface area contributed by atoms with Crippen LogP contribution in [0, 0.1) is 11.8 Å². The first-order valence-electron chi connectivity index (χ1n) is 4.90. The van der Waals surface area contributed by atoms with Gasteiger partial charge in [-0.15, -0.1) is 0 Å².